The van der Waals surface area contributed by atoms with Crippen LogP contribution in [0, 0.1) is 5.92 Å². The van der Waals surface area contributed by atoms with Gasteiger partial charge in [0, 0.05) is 37.4 Å². The Morgan fingerprint density at radius 1 is 1.33 bits per heavy atom. The standard InChI is InChI=1S/C15H21NO2/c1-2-15(18)13-5-3-4-6-14(13)16-9-7-12(11-17)8-10-16/h3-6,12,17H,2,7-11H2,1H3. The summed E-state index contributed by atoms with van der Waals surface area (Å²) in [6.07, 6.45) is 2.56. The molecule has 1 aliphatic heterocycles. The SMILES string of the molecule is CCC(=O)c1ccccc1N1CCC(CO)CC1. The van der Waals surface area contributed by atoms with E-state index in [-0.39, 0.29) is 12.4 Å². The van der Waals surface area contributed by atoms with E-state index in [0.717, 1.165) is 37.2 Å². The summed E-state index contributed by atoms with van der Waals surface area (Å²) in [5, 5.41) is 9.16. The van der Waals surface area contributed by atoms with Gasteiger partial charge in [-0.25, -0.2) is 0 Å². The molecule has 0 unspecified atom stereocenters. The van der Waals surface area contributed by atoms with Crippen LogP contribution in [0.3, 0.4) is 0 Å². The first-order valence-corrected chi connectivity index (χ1v) is 6.74. The maximum absolute atomic E-state index is 11.9. The molecule has 1 N–H and O–H groups in total. The van der Waals surface area contributed by atoms with Gasteiger partial charge < -0.3 is 10.0 Å². The second-order valence-electron chi connectivity index (χ2n) is 4.91. The lowest BCUT2D eigenvalue weighted by Gasteiger charge is -2.33. The molecule has 1 aromatic carbocycles. The van der Waals surface area contributed by atoms with Crippen LogP contribution in [0.5, 0.6) is 0 Å². The van der Waals surface area contributed by atoms with Gasteiger partial charge in [-0.3, -0.25) is 4.79 Å². The molecule has 1 saturated heterocycles. The van der Waals surface area contributed by atoms with Crippen molar-refractivity contribution in [2.45, 2.75) is 26.2 Å². The molecule has 3 heteroatoms. The number of aliphatic hydroxyl groups is 1. The van der Waals surface area contributed by atoms with Crippen LogP contribution in [0.4, 0.5) is 5.69 Å². The van der Waals surface area contributed by atoms with E-state index in [1.807, 2.05) is 31.2 Å². The predicted molar refractivity (Wildman–Crippen MR) is 73.1 cm³/mol. The van der Waals surface area contributed by atoms with E-state index in [9.17, 15) is 4.79 Å². The fraction of sp³-hybridized carbons (Fsp3) is 0.533. The third-order valence-electron chi connectivity index (χ3n) is 3.74. The number of hydrogen-bond donors (Lipinski definition) is 1. The molecule has 0 atom stereocenters. The van der Waals surface area contributed by atoms with E-state index in [1.165, 1.54) is 0 Å². The van der Waals surface area contributed by atoms with Crippen molar-refractivity contribution in [2.75, 3.05) is 24.6 Å². The van der Waals surface area contributed by atoms with Crippen molar-refractivity contribution in [1.29, 1.82) is 0 Å². The number of carbonyl (C=O) groups excluding carboxylic acids is 1. The summed E-state index contributed by atoms with van der Waals surface area (Å²) in [7, 11) is 0. The fourth-order valence-corrected chi connectivity index (χ4v) is 2.53. The Kier molecular flexibility index (Phi) is 4.37. The average Bonchev–Trinajstić information content (AvgIpc) is 2.46. The first-order chi connectivity index (χ1) is 8.76. The Hall–Kier alpha value is -1.35. The zero-order chi connectivity index (χ0) is 13.0. The van der Waals surface area contributed by atoms with Crippen molar-refractivity contribution in [3.63, 3.8) is 0 Å². The summed E-state index contributed by atoms with van der Waals surface area (Å²) in [5.74, 6) is 0.630. The van der Waals surface area contributed by atoms with E-state index < -0.39 is 0 Å². The molecule has 0 radical (unpaired) electrons. The lowest BCUT2D eigenvalue weighted by Crippen LogP contribution is -2.35. The topological polar surface area (TPSA) is 40.5 Å². The molecule has 18 heavy (non-hydrogen) atoms. The monoisotopic (exact) mass is 247 g/mol. The van der Waals surface area contributed by atoms with Gasteiger partial charge in [0.2, 0.25) is 0 Å². The van der Waals surface area contributed by atoms with Gasteiger partial charge in [-0.15, -0.1) is 0 Å². The number of ketones is 1. The number of anilines is 1. The molecule has 0 bridgehead atoms. The van der Waals surface area contributed by atoms with Crippen LogP contribution in [0.25, 0.3) is 0 Å². The van der Waals surface area contributed by atoms with E-state index >= 15 is 0 Å². The number of rotatable bonds is 4. The largest absolute Gasteiger partial charge is 0.396 e. The number of para-hydroxylation sites is 1. The fourth-order valence-electron chi connectivity index (χ4n) is 2.53. The third kappa shape index (κ3) is 2.72. The average molecular weight is 247 g/mol. The zero-order valence-corrected chi connectivity index (χ0v) is 10.9. The Balaban J connectivity index is 2.16. The quantitative estimate of drug-likeness (QED) is 0.831. The van der Waals surface area contributed by atoms with Crippen molar-refractivity contribution in [3.05, 3.63) is 29.8 Å². The summed E-state index contributed by atoms with van der Waals surface area (Å²) in [6.45, 7) is 4.04. The highest BCUT2D eigenvalue weighted by Gasteiger charge is 2.21. The molecule has 0 amide bonds. The van der Waals surface area contributed by atoms with Crippen molar-refractivity contribution >= 4 is 11.5 Å². The van der Waals surface area contributed by atoms with Crippen molar-refractivity contribution < 1.29 is 9.90 Å². The van der Waals surface area contributed by atoms with Crippen molar-refractivity contribution in [2.24, 2.45) is 5.92 Å². The van der Waals surface area contributed by atoms with Gasteiger partial charge >= 0.3 is 0 Å². The number of Topliss-reactive ketones (excluding diaryl/α,β-unsaturated/α-hetero) is 1. The maximum Gasteiger partial charge on any atom is 0.164 e. The normalized spacial score (nSPS) is 16.9. The van der Waals surface area contributed by atoms with Crippen LogP contribution >= 0.6 is 0 Å². The highest BCUT2D eigenvalue weighted by molar-refractivity contribution is 6.01. The molecule has 0 saturated carbocycles. The number of carbonyl (C=O) groups is 1. The number of piperidine rings is 1. The van der Waals surface area contributed by atoms with Gasteiger partial charge in [0.05, 0.1) is 0 Å². The molecule has 1 aromatic rings. The molecule has 3 nitrogen and oxygen atoms in total. The number of hydrogen-bond acceptors (Lipinski definition) is 3. The van der Waals surface area contributed by atoms with Crippen LogP contribution < -0.4 is 4.90 Å². The van der Waals surface area contributed by atoms with E-state index in [0.29, 0.717) is 12.3 Å². The van der Waals surface area contributed by atoms with Crippen LogP contribution in [0.15, 0.2) is 24.3 Å². The van der Waals surface area contributed by atoms with E-state index in [4.69, 9.17) is 5.11 Å². The second kappa shape index (κ2) is 6.01. The first kappa shape index (κ1) is 13.1. The van der Waals surface area contributed by atoms with Crippen LogP contribution in [-0.4, -0.2) is 30.6 Å². The third-order valence-corrected chi connectivity index (χ3v) is 3.74. The van der Waals surface area contributed by atoms with Crippen molar-refractivity contribution in [1.82, 2.24) is 0 Å². The highest BCUT2D eigenvalue weighted by Crippen LogP contribution is 2.26. The maximum atomic E-state index is 11.9. The minimum Gasteiger partial charge on any atom is -0.396 e. The Morgan fingerprint density at radius 3 is 2.61 bits per heavy atom. The van der Waals surface area contributed by atoms with Gasteiger partial charge in [0.25, 0.3) is 0 Å². The molecule has 2 rings (SSSR count). The van der Waals surface area contributed by atoms with E-state index in [1.54, 1.807) is 0 Å². The van der Waals surface area contributed by atoms with Gasteiger partial charge in [0.15, 0.2) is 5.78 Å². The first-order valence-electron chi connectivity index (χ1n) is 6.74. The molecule has 0 spiro atoms. The Labute approximate surface area is 108 Å². The Bertz CT molecular complexity index is 409. The van der Waals surface area contributed by atoms with Gasteiger partial charge in [-0.2, -0.15) is 0 Å². The Morgan fingerprint density at radius 2 is 2.00 bits per heavy atom. The molecular formula is C15H21NO2. The summed E-state index contributed by atoms with van der Waals surface area (Å²) >= 11 is 0. The van der Waals surface area contributed by atoms with Crippen LogP contribution in [0.1, 0.15) is 36.5 Å². The minimum atomic E-state index is 0.204. The highest BCUT2D eigenvalue weighted by atomic mass is 16.3. The second-order valence-corrected chi connectivity index (χ2v) is 4.91. The molecule has 98 valence electrons. The zero-order valence-electron chi connectivity index (χ0n) is 10.9. The molecule has 0 aromatic heterocycles. The lowest BCUT2D eigenvalue weighted by atomic mass is 9.96. The van der Waals surface area contributed by atoms with Crippen LogP contribution in [-0.2, 0) is 0 Å². The number of aliphatic hydroxyl groups excluding tert-OH is 1. The van der Waals surface area contributed by atoms with E-state index in [2.05, 4.69) is 4.90 Å². The van der Waals surface area contributed by atoms with Crippen molar-refractivity contribution in [3.8, 4) is 0 Å². The summed E-state index contributed by atoms with van der Waals surface area (Å²) in [6, 6.07) is 7.86. The number of benzene rings is 1. The summed E-state index contributed by atoms with van der Waals surface area (Å²) < 4.78 is 0. The molecule has 1 fully saturated rings. The molecule has 0 aliphatic carbocycles. The molecule has 1 aliphatic rings. The lowest BCUT2D eigenvalue weighted by molar-refractivity contribution is 0.0988. The van der Waals surface area contributed by atoms with Gasteiger partial charge in [-0.1, -0.05) is 19.1 Å². The van der Waals surface area contributed by atoms with Crippen LogP contribution in [0.2, 0.25) is 0 Å². The van der Waals surface area contributed by atoms with Gasteiger partial charge in [-0.05, 0) is 30.9 Å². The minimum absolute atomic E-state index is 0.204. The summed E-state index contributed by atoms with van der Waals surface area (Å²) in [4.78, 5) is 14.2. The van der Waals surface area contributed by atoms with Gasteiger partial charge in [0.1, 0.15) is 0 Å². The molecule has 1 heterocycles. The molecular weight excluding hydrogens is 226 g/mol. The predicted octanol–water partition coefficient (Wildman–Crippen LogP) is 2.49. The summed E-state index contributed by atoms with van der Waals surface area (Å²) in [5.41, 5.74) is 1.89. The number of nitrogens with zero attached hydrogens (tertiary/aromatic N) is 1. The smallest absolute Gasteiger partial charge is 0.164 e.